The number of Topliss-reactive ketones (excluding diaryl/α,β-unsaturated/α-hetero) is 1. The number of ketones is 1. The van der Waals surface area contributed by atoms with Gasteiger partial charge in [0.15, 0.2) is 5.78 Å². The molecule has 1 fully saturated rings. The van der Waals surface area contributed by atoms with Gasteiger partial charge in [-0.15, -0.1) is 11.6 Å². The molecule has 0 N–H and O–H groups in total. The molecule has 0 unspecified atom stereocenters. The summed E-state index contributed by atoms with van der Waals surface area (Å²) >= 11 is 5.64. The smallest absolute Gasteiger partial charge is 0.414 e. The van der Waals surface area contributed by atoms with Crippen LogP contribution in [0.2, 0.25) is 0 Å². The largest absolute Gasteiger partial charge is 0.443 e. The molecule has 0 aromatic heterocycles. The van der Waals surface area contributed by atoms with Gasteiger partial charge < -0.3 is 4.74 Å². The Morgan fingerprint density at radius 3 is 2.59 bits per heavy atom. The average Bonchev–Trinajstić information content (AvgIpc) is 2.71. The average molecular weight is 254 g/mol. The zero-order valence-corrected chi connectivity index (χ0v) is 10.1. The van der Waals surface area contributed by atoms with Crippen molar-refractivity contribution in [1.82, 2.24) is 0 Å². The van der Waals surface area contributed by atoms with Crippen molar-refractivity contribution in [2.45, 2.75) is 13.0 Å². The maximum atomic E-state index is 11.5. The van der Waals surface area contributed by atoms with Crippen LogP contribution in [0.5, 0.6) is 0 Å². The quantitative estimate of drug-likeness (QED) is 0.614. The van der Waals surface area contributed by atoms with Crippen molar-refractivity contribution in [3.05, 3.63) is 29.8 Å². The van der Waals surface area contributed by atoms with E-state index in [4.69, 9.17) is 16.3 Å². The number of anilines is 1. The number of carbonyl (C=O) groups excluding carboxylic acids is 2. The van der Waals surface area contributed by atoms with Gasteiger partial charge in [-0.25, -0.2) is 4.79 Å². The Morgan fingerprint density at radius 2 is 2.12 bits per heavy atom. The third kappa shape index (κ3) is 2.42. The topological polar surface area (TPSA) is 46.6 Å². The zero-order valence-electron chi connectivity index (χ0n) is 9.35. The molecule has 0 saturated carbocycles. The standard InChI is InChI=1S/C12H12ClNO3/c1-8(15)9-2-4-10(5-3-9)14-7-11(6-13)17-12(14)16/h2-5,11H,6-7H2,1H3/t11-/m0/s1. The van der Waals surface area contributed by atoms with Crippen LogP contribution in [-0.4, -0.2) is 30.4 Å². The molecule has 0 spiro atoms. The first kappa shape index (κ1) is 11.9. The lowest BCUT2D eigenvalue weighted by Gasteiger charge is -2.12. The Balaban J connectivity index is 2.18. The van der Waals surface area contributed by atoms with E-state index in [1.807, 2.05) is 0 Å². The monoisotopic (exact) mass is 253 g/mol. The summed E-state index contributed by atoms with van der Waals surface area (Å²) in [6, 6.07) is 6.85. The predicted octanol–water partition coefficient (Wildman–Crippen LogP) is 2.45. The number of cyclic esters (lactones) is 1. The van der Waals surface area contributed by atoms with E-state index >= 15 is 0 Å². The summed E-state index contributed by atoms with van der Waals surface area (Å²) in [6.07, 6.45) is -0.664. The molecule has 0 bridgehead atoms. The van der Waals surface area contributed by atoms with Crippen molar-refractivity contribution in [1.29, 1.82) is 0 Å². The number of nitrogens with zero attached hydrogens (tertiary/aromatic N) is 1. The molecule has 1 heterocycles. The molecule has 0 radical (unpaired) electrons. The van der Waals surface area contributed by atoms with Crippen molar-refractivity contribution < 1.29 is 14.3 Å². The number of halogens is 1. The van der Waals surface area contributed by atoms with Gasteiger partial charge in [-0.1, -0.05) is 0 Å². The number of ether oxygens (including phenoxy) is 1. The van der Waals surface area contributed by atoms with E-state index in [1.54, 1.807) is 24.3 Å². The van der Waals surface area contributed by atoms with E-state index in [1.165, 1.54) is 11.8 Å². The minimum Gasteiger partial charge on any atom is -0.443 e. The molecule has 2 rings (SSSR count). The maximum absolute atomic E-state index is 11.5. The third-order valence-electron chi connectivity index (χ3n) is 2.63. The van der Waals surface area contributed by atoms with E-state index in [2.05, 4.69) is 0 Å². The van der Waals surface area contributed by atoms with Crippen LogP contribution in [0.4, 0.5) is 10.5 Å². The van der Waals surface area contributed by atoms with Crippen LogP contribution in [0.15, 0.2) is 24.3 Å². The van der Waals surface area contributed by atoms with Gasteiger partial charge in [-0.3, -0.25) is 9.69 Å². The summed E-state index contributed by atoms with van der Waals surface area (Å²) in [7, 11) is 0. The molecular weight excluding hydrogens is 242 g/mol. The highest BCUT2D eigenvalue weighted by molar-refractivity contribution is 6.18. The summed E-state index contributed by atoms with van der Waals surface area (Å²) in [5.74, 6) is 0.285. The number of hydrogen-bond donors (Lipinski definition) is 0. The molecule has 5 heteroatoms. The number of benzene rings is 1. The van der Waals surface area contributed by atoms with E-state index in [0.717, 1.165) is 0 Å². The van der Waals surface area contributed by atoms with Gasteiger partial charge in [0.05, 0.1) is 12.4 Å². The molecule has 0 aliphatic carbocycles. The molecule has 90 valence electrons. The fraction of sp³-hybridized carbons (Fsp3) is 0.333. The zero-order chi connectivity index (χ0) is 12.4. The first-order valence-corrected chi connectivity index (χ1v) is 5.80. The van der Waals surface area contributed by atoms with Gasteiger partial charge in [-0.05, 0) is 31.2 Å². The van der Waals surface area contributed by atoms with Crippen LogP contribution < -0.4 is 4.90 Å². The summed E-state index contributed by atoms with van der Waals surface area (Å²) in [6.45, 7) is 1.95. The lowest BCUT2D eigenvalue weighted by Crippen LogP contribution is -2.24. The van der Waals surface area contributed by atoms with Crippen molar-refractivity contribution >= 4 is 29.2 Å². The van der Waals surface area contributed by atoms with E-state index in [-0.39, 0.29) is 17.8 Å². The fourth-order valence-electron chi connectivity index (χ4n) is 1.69. The SMILES string of the molecule is CC(=O)c1ccc(N2C[C@H](CCl)OC2=O)cc1. The van der Waals surface area contributed by atoms with Crippen LogP contribution in [0, 0.1) is 0 Å². The number of rotatable bonds is 3. The maximum Gasteiger partial charge on any atom is 0.414 e. The van der Waals surface area contributed by atoms with Gasteiger partial charge >= 0.3 is 6.09 Å². The van der Waals surface area contributed by atoms with Crippen LogP contribution >= 0.6 is 11.6 Å². The highest BCUT2D eigenvalue weighted by Gasteiger charge is 2.31. The molecule has 1 atom stereocenters. The lowest BCUT2D eigenvalue weighted by atomic mass is 10.1. The fourth-order valence-corrected chi connectivity index (χ4v) is 1.85. The van der Waals surface area contributed by atoms with Crippen LogP contribution in [0.25, 0.3) is 0 Å². The molecule has 1 aliphatic heterocycles. The Bertz CT molecular complexity index is 444. The molecule has 17 heavy (non-hydrogen) atoms. The Labute approximate surface area is 104 Å². The second-order valence-electron chi connectivity index (χ2n) is 3.87. The molecular formula is C12H12ClNO3. The van der Waals surface area contributed by atoms with Crippen LogP contribution in [0.1, 0.15) is 17.3 Å². The molecule has 1 aromatic carbocycles. The van der Waals surface area contributed by atoms with Crippen molar-refractivity contribution in [3.63, 3.8) is 0 Å². The minimum atomic E-state index is -0.397. The summed E-state index contributed by atoms with van der Waals surface area (Å²) in [4.78, 5) is 24.2. The number of alkyl halides is 1. The van der Waals surface area contributed by atoms with E-state index < -0.39 is 6.09 Å². The van der Waals surface area contributed by atoms with Crippen LogP contribution in [-0.2, 0) is 4.74 Å². The van der Waals surface area contributed by atoms with Gasteiger partial charge in [0, 0.05) is 11.3 Å². The first-order chi connectivity index (χ1) is 8.11. The second-order valence-corrected chi connectivity index (χ2v) is 4.18. The number of hydrogen-bond acceptors (Lipinski definition) is 3. The van der Waals surface area contributed by atoms with E-state index in [9.17, 15) is 9.59 Å². The molecule has 4 nitrogen and oxygen atoms in total. The third-order valence-corrected chi connectivity index (χ3v) is 2.98. The molecule has 1 saturated heterocycles. The van der Waals surface area contributed by atoms with E-state index in [0.29, 0.717) is 17.8 Å². The van der Waals surface area contributed by atoms with Gasteiger partial charge in [0.2, 0.25) is 0 Å². The highest BCUT2D eigenvalue weighted by atomic mass is 35.5. The highest BCUT2D eigenvalue weighted by Crippen LogP contribution is 2.22. The minimum absolute atomic E-state index is 0.000756. The second kappa shape index (κ2) is 4.75. The first-order valence-electron chi connectivity index (χ1n) is 5.27. The van der Waals surface area contributed by atoms with Gasteiger partial charge in [0.1, 0.15) is 6.10 Å². The predicted molar refractivity (Wildman–Crippen MR) is 64.8 cm³/mol. The van der Waals surface area contributed by atoms with Gasteiger partial charge in [-0.2, -0.15) is 0 Å². The molecule has 1 aliphatic rings. The lowest BCUT2D eigenvalue weighted by molar-refractivity contribution is 0.101. The number of carbonyl (C=O) groups is 2. The summed E-state index contributed by atoms with van der Waals surface area (Å²) in [5, 5.41) is 0. The Morgan fingerprint density at radius 1 is 1.47 bits per heavy atom. The van der Waals surface area contributed by atoms with Crippen molar-refractivity contribution in [2.24, 2.45) is 0 Å². The normalized spacial score (nSPS) is 19.3. The summed E-state index contributed by atoms with van der Waals surface area (Å²) in [5.41, 5.74) is 1.34. The van der Waals surface area contributed by atoms with Crippen molar-refractivity contribution in [2.75, 3.05) is 17.3 Å². The summed E-state index contributed by atoms with van der Waals surface area (Å²) < 4.78 is 5.04. The van der Waals surface area contributed by atoms with Crippen LogP contribution in [0.3, 0.4) is 0 Å². The molecule has 1 amide bonds. The molecule has 1 aromatic rings. The Hall–Kier alpha value is -1.55. The Kier molecular flexibility index (Phi) is 3.33. The van der Waals surface area contributed by atoms with Crippen molar-refractivity contribution in [3.8, 4) is 0 Å². The van der Waals surface area contributed by atoms with Gasteiger partial charge in [0.25, 0.3) is 0 Å². The number of amides is 1.